The molecule has 0 spiro atoms. The van der Waals surface area contributed by atoms with Gasteiger partial charge in [0.15, 0.2) is 0 Å². The van der Waals surface area contributed by atoms with Crippen LogP contribution in [0, 0.1) is 0 Å². The molecular formula is C19H25O5P. The summed E-state index contributed by atoms with van der Waals surface area (Å²) >= 11 is 0. The third kappa shape index (κ3) is 7.95. The van der Waals surface area contributed by atoms with Gasteiger partial charge in [-0.1, -0.05) is 60.7 Å². The molecule has 6 heteroatoms. The Bertz CT molecular complexity index is 627. The fourth-order valence-electron chi connectivity index (χ4n) is 2.93. The van der Waals surface area contributed by atoms with Crippen LogP contribution < -0.4 is 0 Å². The highest BCUT2D eigenvalue weighted by Gasteiger charge is 2.27. The molecule has 0 aliphatic heterocycles. The number of phosphoric acid groups is 1. The fourth-order valence-corrected chi connectivity index (χ4v) is 3.30. The maximum atomic E-state index is 11.2. The molecule has 3 N–H and O–H groups in total. The van der Waals surface area contributed by atoms with Crippen LogP contribution in [-0.2, 0) is 21.9 Å². The van der Waals surface area contributed by atoms with E-state index in [1.165, 1.54) is 0 Å². The summed E-state index contributed by atoms with van der Waals surface area (Å²) in [5, 5.41) is 11.2. The lowest BCUT2D eigenvalue weighted by atomic mass is 9.84. The van der Waals surface area contributed by atoms with E-state index in [-0.39, 0.29) is 6.61 Å². The summed E-state index contributed by atoms with van der Waals surface area (Å²) in [6.45, 7) is -0.0168. The minimum atomic E-state index is -4.42. The van der Waals surface area contributed by atoms with E-state index in [4.69, 9.17) is 9.79 Å². The molecule has 136 valence electrons. The van der Waals surface area contributed by atoms with Crippen molar-refractivity contribution in [2.24, 2.45) is 0 Å². The van der Waals surface area contributed by atoms with Crippen LogP contribution in [0.3, 0.4) is 0 Å². The molecule has 0 fully saturated rings. The van der Waals surface area contributed by atoms with Gasteiger partial charge in [-0.3, -0.25) is 4.52 Å². The molecule has 0 atom stereocenters. The molecule has 0 amide bonds. The Labute approximate surface area is 148 Å². The van der Waals surface area contributed by atoms with Crippen LogP contribution in [0.15, 0.2) is 60.7 Å². The van der Waals surface area contributed by atoms with E-state index in [2.05, 4.69) is 4.52 Å². The third-order valence-corrected chi connectivity index (χ3v) is 4.57. The second-order valence-electron chi connectivity index (χ2n) is 6.33. The highest BCUT2D eigenvalue weighted by molar-refractivity contribution is 7.46. The first-order valence-corrected chi connectivity index (χ1v) is 9.90. The van der Waals surface area contributed by atoms with Gasteiger partial charge in [0.1, 0.15) is 0 Å². The minimum absolute atomic E-state index is 0.0168. The third-order valence-electron chi connectivity index (χ3n) is 4.05. The lowest BCUT2D eigenvalue weighted by molar-refractivity contribution is 0.0284. The molecule has 0 bridgehead atoms. The normalized spacial score (nSPS) is 12.3. The molecule has 25 heavy (non-hydrogen) atoms. The van der Waals surface area contributed by atoms with E-state index < -0.39 is 13.4 Å². The van der Waals surface area contributed by atoms with E-state index in [9.17, 15) is 9.67 Å². The molecule has 2 aromatic rings. The Morgan fingerprint density at radius 1 is 0.840 bits per heavy atom. The largest absolute Gasteiger partial charge is 0.469 e. The van der Waals surface area contributed by atoms with Crippen LogP contribution in [0.25, 0.3) is 0 Å². The highest BCUT2D eigenvalue weighted by Crippen LogP contribution is 2.36. The number of phosphoric ester groups is 1. The molecule has 0 aliphatic carbocycles. The van der Waals surface area contributed by atoms with Crippen molar-refractivity contribution in [3.05, 3.63) is 71.8 Å². The smallest absolute Gasteiger partial charge is 0.389 e. The number of hydrogen-bond donors (Lipinski definition) is 3. The van der Waals surface area contributed by atoms with E-state index >= 15 is 0 Å². The molecule has 0 radical (unpaired) electrons. The number of rotatable bonds is 10. The van der Waals surface area contributed by atoms with Gasteiger partial charge in [0.25, 0.3) is 0 Å². The Balaban J connectivity index is 1.97. The summed E-state index contributed by atoms with van der Waals surface area (Å²) in [7, 11) is -4.42. The predicted octanol–water partition coefficient (Wildman–Crippen LogP) is 3.48. The maximum absolute atomic E-state index is 11.2. The number of aliphatic hydroxyl groups is 1. The number of hydrogen-bond acceptors (Lipinski definition) is 3. The van der Waals surface area contributed by atoms with Crippen molar-refractivity contribution in [1.82, 2.24) is 0 Å². The zero-order valence-electron chi connectivity index (χ0n) is 14.1. The Morgan fingerprint density at radius 3 is 1.76 bits per heavy atom. The van der Waals surface area contributed by atoms with Crippen molar-refractivity contribution < 1.29 is 24.0 Å². The van der Waals surface area contributed by atoms with Gasteiger partial charge in [0.05, 0.1) is 12.2 Å². The molecular weight excluding hydrogens is 339 g/mol. The molecule has 5 nitrogen and oxygen atoms in total. The van der Waals surface area contributed by atoms with Gasteiger partial charge < -0.3 is 14.9 Å². The van der Waals surface area contributed by atoms with E-state index in [1.807, 2.05) is 60.7 Å². The SMILES string of the molecule is O=P(O)(O)OCCCCC(O)(Cc1ccccc1)Cc1ccccc1. The molecule has 2 rings (SSSR count). The summed E-state index contributed by atoms with van der Waals surface area (Å²) in [6.07, 6.45) is 2.69. The van der Waals surface area contributed by atoms with Crippen LogP contribution in [0.1, 0.15) is 30.4 Å². The first-order valence-electron chi connectivity index (χ1n) is 8.37. The fraction of sp³-hybridized carbons (Fsp3) is 0.368. The second-order valence-corrected chi connectivity index (χ2v) is 7.57. The quantitative estimate of drug-likeness (QED) is 0.444. The average Bonchev–Trinajstić information content (AvgIpc) is 2.55. The molecule has 0 unspecified atom stereocenters. The van der Waals surface area contributed by atoms with Gasteiger partial charge in [0, 0.05) is 12.8 Å². The maximum Gasteiger partial charge on any atom is 0.469 e. The average molecular weight is 364 g/mol. The molecule has 0 saturated carbocycles. The predicted molar refractivity (Wildman–Crippen MR) is 97.1 cm³/mol. The number of unbranched alkanes of at least 4 members (excludes halogenated alkanes) is 1. The standard InChI is InChI=1S/C19H25O5P/c20-19(15-17-9-3-1-4-10-17,16-18-11-5-2-6-12-18)13-7-8-14-24-25(21,22)23/h1-6,9-12,20H,7-8,13-16H2,(H2,21,22,23). The topological polar surface area (TPSA) is 87.0 Å². The van der Waals surface area contributed by atoms with E-state index in [0.717, 1.165) is 11.1 Å². The lowest BCUT2D eigenvalue weighted by Gasteiger charge is -2.29. The summed E-state index contributed by atoms with van der Waals surface area (Å²) in [4.78, 5) is 17.4. The van der Waals surface area contributed by atoms with Crippen LogP contribution in [0.5, 0.6) is 0 Å². The van der Waals surface area contributed by atoms with Gasteiger partial charge in [-0.05, 0) is 30.4 Å². The van der Waals surface area contributed by atoms with Gasteiger partial charge in [-0.15, -0.1) is 0 Å². The van der Waals surface area contributed by atoms with Crippen LogP contribution >= 0.6 is 7.82 Å². The molecule has 0 aromatic heterocycles. The Morgan fingerprint density at radius 2 is 1.32 bits per heavy atom. The van der Waals surface area contributed by atoms with Crippen molar-refractivity contribution in [1.29, 1.82) is 0 Å². The summed E-state index contributed by atoms with van der Waals surface area (Å²) < 4.78 is 15.2. The van der Waals surface area contributed by atoms with Gasteiger partial charge in [-0.2, -0.15) is 0 Å². The Hall–Kier alpha value is -1.49. The van der Waals surface area contributed by atoms with Gasteiger partial charge >= 0.3 is 7.82 Å². The van der Waals surface area contributed by atoms with Gasteiger partial charge in [-0.25, -0.2) is 4.57 Å². The molecule has 0 saturated heterocycles. The zero-order valence-corrected chi connectivity index (χ0v) is 15.0. The van der Waals surface area contributed by atoms with Crippen molar-refractivity contribution in [2.45, 2.75) is 37.7 Å². The van der Waals surface area contributed by atoms with Gasteiger partial charge in [0.2, 0.25) is 0 Å². The Kier molecular flexibility index (Phi) is 7.36. The van der Waals surface area contributed by atoms with Crippen molar-refractivity contribution in [3.63, 3.8) is 0 Å². The van der Waals surface area contributed by atoms with Crippen molar-refractivity contribution >= 4 is 7.82 Å². The molecule has 2 aromatic carbocycles. The van der Waals surface area contributed by atoms with Crippen molar-refractivity contribution in [2.75, 3.05) is 6.61 Å². The summed E-state index contributed by atoms with van der Waals surface area (Å²) in [5.41, 5.74) is 1.21. The zero-order chi connectivity index (χ0) is 18.2. The minimum Gasteiger partial charge on any atom is -0.389 e. The van der Waals surface area contributed by atoms with Crippen molar-refractivity contribution in [3.8, 4) is 0 Å². The monoisotopic (exact) mass is 364 g/mol. The lowest BCUT2D eigenvalue weighted by Crippen LogP contribution is -2.34. The highest BCUT2D eigenvalue weighted by atomic mass is 31.2. The summed E-state index contributed by atoms with van der Waals surface area (Å²) in [6, 6.07) is 19.7. The first kappa shape index (κ1) is 19.8. The van der Waals surface area contributed by atoms with Crippen LogP contribution in [0.2, 0.25) is 0 Å². The number of benzene rings is 2. The second kappa shape index (κ2) is 9.27. The van der Waals surface area contributed by atoms with E-state index in [1.54, 1.807) is 0 Å². The van der Waals surface area contributed by atoms with Crippen LogP contribution in [0.4, 0.5) is 0 Å². The van der Waals surface area contributed by atoms with Crippen LogP contribution in [-0.4, -0.2) is 27.1 Å². The molecule has 0 heterocycles. The van der Waals surface area contributed by atoms with E-state index in [0.29, 0.717) is 32.1 Å². The summed E-state index contributed by atoms with van der Waals surface area (Å²) in [5.74, 6) is 0. The first-order chi connectivity index (χ1) is 11.9. The molecule has 0 aliphatic rings.